The van der Waals surface area contributed by atoms with Crippen molar-refractivity contribution in [3.63, 3.8) is 0 Å². The number of rotatable bonds is 8. The molecule has 126 valence electrons. The second-order valence-corrected chi connectivity index (χ2v) is 6.51. The van der Waals surface area contributed by atoms with Gasteiger partial charge < -0.3 is 19.8 Å². The van der Waals surface area contributed by atoms with E-state index in [1.54, 1.807) is 6.26 Å². The van der Waals surface area contributed by atoms with Gasteiger partial charge in [0.25, 0.3) is 0 Å². The van der Waals surface area contributed by atoms with E-state index in [1.807, 2.05) is 32.9 Å². The number of ether oxygens (including phenoxy) is 1. The van der Waals surface area contributed by atoms with E-state index in [0.29, 0.717) is 6.54 Å². The third-order valence-corrected chi connectivity index (χ3v) is 3.26. The summed E-state index contributed by atoms with van der Waals surface area (Å²) in [5, 5.41) is 6.41. The number of hydrogen-bond donors (Lipinski definition) is 2. The summed E-state index contributed by atoms with van der Waals surface area (Å²) in [4.78, 5) is 11.8. The van der Waals surface area contributed by atoms with Gasteiger partial charge in [-0.05, 0) is 45.7 Å². The first-order valence-corrected chi connectivity index (χ1v) is 8.12. The quantitative estimate of drug-likeness (QED) is 0.761. The van der Waals surface area contributed by atoms with Gasteiger partial charge in [0.05, 0.1) is 12.3 Å². The summed E-state index contributed by atoms with van der Waals surface area (Å²) in [6, 6.07) is 4.22. The maximum Gasteiger partial charge on any atom is 0.407 e. The van der Waals surface area contributed by atoms with Gasteiger partial charge in [0.15, 0.2) is 0 Å². The minimum atomic E-state index is -0.474. The van der Waals surface area contributed by atoms with E-state index in [4.69, 9.17) is 9.15 Å². The average molecular weight is 310 g/mol. The van der Waals surface area contributed by atoms with E-state index in [-0.39, 0.29) is 18.2 Å². The second-order valence-electron chi connectivity index (χ2n) is 6.51. The van der Waals surface area contributed by atoms with E-state index < -0.39 is 5.60 Å². The van der Waals surface area contributed by atoms with Gasteiger partial charge in [0, 0.05) is 12.6 Å². The first-order valence-electron chi connectivity index (χ1n) is 8.12. The molecule has 22 heavy (non-hydrogen) atoms. The zero-order valence-electron chi connectivity index (χ0n) is 14.4. The van der Waals surface area contributed by atoms with Crippen molar-refractivity contribution in [2.45, 2.75) is 71.6 Å². The first-order chi connectivity index (χ1) is 10.4. The Labute approximate surface area is 133 Å². The summed E-state index contributed by atoms with van der Waals surface area (Å²) >= 11 is 0. The van der Waals surface area contributed by atoms with Crippen LogP contribution in [-0.2, 0) is 4.74 Å². The van der Waals surface area contributed by atoms with Crippen LogP contribution in [0.4, 0.5) is 4.79 Å². The van der Waals surface area contributed by atoms with Gasteiger partial charge in [-0.2, -0.15) is 0 Å². The van der Waals surface area contributed by atoms with Crippen LogP contribution in [0.15, 0.2) is 22.8 Å². The minimum Gasteiger partial charge on any atom is -0.468 e. The van der Waals surface area contributed by atoms with Gasteiger partial charge in [-0.1, -0.05) is 20.3 Å². The molecule has 2 atom stereocenters. The maximum absolute atomic E-state index is 11.8. The van der Waals surface area contributed by atoms with E-state index in [0.717, 1.165) is 25.0 Å². The lowest BCUT2D eigenvalue weighted by molar-refractivity contribution is 0.0520. The highest BCUT2D eigenvalue weighted by molar-refractivity contribution is 5.67. The van der Waals surface area contributed by atoms with Crippen LogP contribution in [0.1, 0.15) is 65.7 Å². The number of amides is 1. The molecule has 0 aliphatic rings. The normalized spacial score (nSPS) is 14.4. The Hall–Kier alpha value is -1.49. The molecule has 0 aliphatic heterocycles. The van der Waals surface area contributed by atoms with Crippen molar-refractivity contribution in [2.24, 2.45) is 0 Å². The Morgan fingerprint density at radius 1 is 1.36 bits per heavy atom. The number of furan rings is 1. The lowest BCUT2D eigenvalue weighted by Crippen LogP contribution is -2.43. The van der Waals surface area contributed by atoms with Crippen molar-refractivity contribution < 1.29 is 13.9 Å². The Morgan fingerprint density at radius 3 is 2.59 bits per heavy atom. The lowest BCUT2D eigenvalue weighted by atomic mass is 10.1. The Morgan fingerprint density at radius 2 is 2.09 bits per heavy atom. The second kappa shape index (κ2) is 8.83. The van der Waals surface area contributed by atoms with Crippen molar-refractivity contribution in [3.05, 3.63) is 24.2 Å². The number of carbonyl (C=O) groups excluding carboxylic acids is 1. The number of alkyl carbamates (subject to hydrolysis) is 1. The molecular formula is C17H30N2O3. The fourth-order valence-electron chi connectivity index (χ4n) is 2.29. The standard InChI is InChI=1S/C17H30N2O3/c1-6-9-13(12-18-16(20)22-17(3,4)5)19-14(7-2)15-10-8-11-21-15/h8,10-11,13-14,19H,6-7,9,12H2,1-5H3,(H,18,20). The van der Waals surface area contributed by atoms with Crippen molar-refractivity contribution in [1.29, 1.82) is 0 Å². The highest BCUT2D eigenvalue weighted by Gasteiger charge is 2.20. The van der Waals surface area contributed by atoms with Crippen molar-refractivity contribution >= 4 is 6.09 Å². The molecule has 0 aliphatic carbocycles. The Kier molecular flexibility index (Phi) is 7.45. The molecule has 1 rings (SSSR count). The van der Waals surface area contributed by atoms with E-state index in [9.17, 15) is 4.79 Å². The summed E-state index contributed by atoms with van der Waals surface area (Å²) in [6.07, 6.45) is 4.27. The highest BCUT2D eigenvalue weighted by atomic mass is 16.6. The van der Waals surface area contributed by atoms with Crippen molar-refractivity contribution in [2.75, 3.05) is 6.54 Å². The minimum absolute atomic E-state index is 0.159. The molecule has 1 amide bonds. The topological polar surface area (TPSA) is 63.5 Å². The molecule has 5 heteroatoms. The molecule has 0 radical (unpaired) electrons. The van der Waals surface area contributed by atoms with Crippen LogP contribution >= 0.6 is 0 Å². The third-order valence-electron chi connectivity index (χ3n) is 3.26. The Bertz CT molecular complexity index is 424. The van der Waals surface area contributed by atoms with Gasteiger partial charge in [0.1, 0.15) is 11.4 Å². The monoisotopic (exact) mass is 310 g/mol. The van der Waals surface area contributed by atoms with Crippen LogP contribution in [0.2, 0.25) is 0 Å². The van der Waals surface area contributed by atoms with Crippen LogP contribution < -0.4 is 10.6 Å². The Balaban J connectivity index is 2.52. The van der Waals surface area contributed by atoms with Crippen molar-refractivity contribution in [3.8, 4) is 0 Å². The van der Waals surface area contributed by atoms with E-state index >= 15 is 0 Å². The van der Waals surface area contributed by atoms with Crippen LogP contribution in [0.3, 0.4) is 0 Å². The number of carbonyl (C=O) groups is 1. The SMILES string of the molecule is CCCC(CNC(=O)OC(C)(C)C)NC(CC)c1ccco1. The number of nitrogens with one attached hydrogen (secondary N) is 2. The molecule has 1 aromatic rings. The maximum atomic E-state index is 11.8. The first kappa shape index (κ1) is 18.6. The molecule has 0 bridgehead atoms. The fourth-order valence-corrected chi connectivity index (χ4v) is 2.29. The van der Waals surface area contributed by atoms with Gasteiger partial charge in [-0.25, -0.2) is 4.79 Å². The molecule has 0 spiro atoms. The number of hydrogen-bond acceptors (Lipinski definition) is 4. The molecule has 0 saturated heterocycles. The van der Waals surface area contributed by atoms with Gasteiger partial charge in [0.2, 0.25) is 0 Å². The summed E-state index contributed by atoms with van der Waals surface area (Å²) < 4.78 is 10.8. The van der Waals surface area contributed by atoms with Crippen LogP contribution in [-0.4, -0.2) is 24.3 Å². The van der Waals surface area contributed by atoms with E-state index in [1.165, 1.54) is 0 Å². The molecule has 0 fully saturated rings. The summed E-state index contributed by atoms with van der Waals surface area (Å²) in [5.41, 5.74) is -0.474. The van der Waals surface area contributed by atoms with Gasteiger partial charge in [-0.3, -0.25) is 0 Å². The van der Waals surface area contributed by atoms with Crippen LogP contribution in [0.5, 0.6) is 0 Å². The molecule has 1 aromatic heterocycles. The van der Waals surface area contributed by atoms with Crippen LogP contribution in [0, 0.1) is 0 Å². The molecule has 1 heterocycles. The van der Waals surface area contributed by atoms with Gasteiger partial charge >= 0.3 is 6.09 Å². The van der Waals surface area contributed by atoms with Crippen LogP contribution in [0.25, 0.3) is 0 Å². The fraction of sp³-hybridized carbons (Fsp3) is 0.706. The van der Waals surface area contributed by atoms with Gasteiger partial charge in [-0.15, -0.1) is 0 Å². The zero-order valence-corrected chi connectivity index (χ0v) is 14.4. The molecule has 0 saturated carbocycles. The molecule has 0 aromatic carbocycles. The molecule has 2 unspecified atom stereocenters. The predicted molar refractivity (Wildman–Crippen MR) is 87.8 cm³/mol. The molecule has 5 nitrogen and oxygen atoms in total. The highest BCUT2D eigenvalue weighted by Crippen LogP contribution is 2.18. The predicted octanol–water partition coefficient (Wildman–Crippen LogP) is 4.01. The molecular weight excluding hydrogens is 280 g/mol. The summed E-state index contributed by atoms with van der Waals surface area (Å²) in [6.45, 7) is 10.4. The third kappa shape index (κ3) is 6.98. The average Bonchev–Trinajstić information content (AvgIpc) is 2.93. The summed E-state index contributed by atoms with van der Waals surface area (Å²) in [5.74, 6) is 0.931. The summed E-state index contributed by atoms with van der Waals surface area (Å²) in [7, 11) is 0. The van der Waals surface area contributed by atoms with Crippen molar-refractivity contribution in [1.82, 2.24) is 10.6 Å². The largest absolute Gasteiger partial charge is 0.468 e. The molecule has 2 N–H and O–H groups in total. The van der Waals surface area contributed by atoms with E-state index in [2.05, 4.69) is 24.5 Å². The smallest absolute Gasteiger partial charge is 0.407 e. The lowest BCUT2D eigenvalue weighted by Gasteiger charge is -2.25. The zero-order chi connectivity index (χ0) is 16.6.